The second-order valence-corrected chi connectivity index (χ2v) is 7.35. The number of thiophene rings is 1. The first-order valence-electron chi connectivity index (χ1n) is 7.31. The molecule has 0 bridgehead atoms. The number of carbonyl (C=O) groups is 1. The van der Waals surface area contributed by atoms with Gasteiger partial charge in [-0.1, -0.05) is 31.0 Å². The Balaban J connectivity index is 1.79. The fourth-order valence-corrected chi connectivity index (χ4v) is 4.27. The molecule has 0 spiro atoms. The number of hydrogen-bond donors (Lipinski definition) is 2. The second-order valence-electron chi connectivity index (χ2n) is 5.89. The fourth-order valence-electron chi connectivity index (χ4n) is 2.87. The van der Waals surface area contributed by atoms with Crippen molar-refractivity contribution in [1.29, 1.82) is 0 Å². The van der Waals surface area contributed by atoms with E-state index in [1.54, 1.807) is 6.07 Å². The van der Waals surface area contributed by atoms with Crippen LogP contribution in [0.25, 0.3) is 10.1 Å². The summed E-state index contributed by atoms with van der Waals surface area (Å²) in [4.78, 5) is 13.0. The molecule has 1 amide bonds. The van der Waals surface area contributed by atoms with E-state index >= 15 is 0 Å². The van der Waals surface area contributed by atoms with Crippen LogP contribution in [0.1, 0.15) is 42.3 Å². The maximum atomic E-state index is 12.4. The summed E-state index contributed by atoms with van der Waals surface area (Å²) in [7, 11) is 0. The molecule has 1 aromatic heterocycles. The van der Waals surface area contributed by atoms with Crippen molar-refractivity contribution in [2.75, 3.05) is 12.3 Å². The van der Waals surface area contributed by atoms with Crippen molar-refractivity contribution >= 4 is 44.6 Å². The molecule has 2 aromatic rings. The highest BCUT2D eigenvalue weighted by Gasteiger charge is 2.41. The first-order valence-corrected chi connectivity index (χ1v) is 8.50. The van der Waals surface area contributed by atoms with E-state index in [0.29, 0.717) is 21.0 Å². The zero-order chi connectivity index (χ0) is 15.0. The summed E-state index contributed by atoms with van der Waals surface area (Å²) in [6, 6.07) is 5.62. The topological polar surface area (TPSA) is 55.1 Å². The van der Waals surface area contributed by atoms with E-state index in [2.05, 4.69) is 12.2 Å². The number of benzene rings is 1. The lowest BCUT2D eigenvalue weighted by atomic mass is 10.0. The Morgan fingerprint density at radius 2 is 2.24 bits per heavy atom. The molecule has 0 unspecified atom stereocenters. The van der Waals surface area contributed by atoms with Crippen molar-refractivity contribution in [2.45, 2.75) is 32.6 Å². The molecule has 112 valence electrons. The highest BCUT2D eigenvalue weighted by molar-refractivity contribution is 7.21. The molecule has 3 N–H and O–H groups in total. The monoisotopic (exact) mass is 322 g/mol. The van der Waals surface area contributed by atoms with Crippen LogP contribution >= 0.6 is 22.9 Å². The Bertz CT molecular complexity index is 691. The Labute approximate surface area is 133 Å². The number of nitrogens with one attached hydrogen (secondary N) is 1. The standard InChI is InChI=1S/C16H19ClN2OS/c1-2-6-16(7-8-16)9-19-15(20)14-13(18)12-10(17)4-3-5-11(12)21-14/h3-5H,2,6-9,18H2,1H3,(H,19,20). The number of nitrogens with two attached hydrogens (primary N) is 1. The number of anilines is 1. The van der Waals surface area contributed by atoms with E-state index in [0.717, 1.165) is 23.1 Å². The van der Waals surface area contributed by atoms with Gasteiger partial charge in [-0.3, -0.25) is 4.79 Å². The smallest absolute Gasteiger partial charge is 0.263 e. The molecule has 0 radical (unpaired) electrons. The van der Waals surface area contributed by atoms with E-state index in [4.69, 9.17) is 17.3 Å². The van der Waals surface area contributed by atoms with E-state index in [-0.39, 0.29) is 5.91 Å². The Morgan fingerprint density at radius 3 is 2.86 bits per heavy atom. The molecule has 3 nitrogen and oxygen atoms in total. The fraction of sp³-hybridized carbons (Fsp3) is 0.438. The predicted molar refractivity (Wildman–Crippen MR) is 90.2 cm³/mol. The summed E-state index contributed by atoms with van der Waals surface area (Å²) in [6.07, 6.45) is 4.78. The molecule has 1 aromatic carbocycles. The average Bonchev–Trinajstić information content (AvgIpc) is 3.14. The van der Waals surface area contributed by atoms with Crippen LogP contribution in [0.5, 0.6) is 0 Å². The summed E-state index contributed by atoms with van der Waals surface area (Å²) in [6.45, 7) is 2.94. The SMILES string of the molecule is CCCC1(CNC(=O)c2sc3cccc(Cl)c3c2N)CC1. The van der Waals surface area contributed by atoms with Gasteiger partial charge in [-0.25, -0.2) is 0 Å². The summed E-state index contributed by atoms with van der Waals surface area (Å²) >= 11 is 7.59. The summed E-state index contributed by atoms with van der Waals surface area (Å²) in [5, 5.41) is 4.45. The Hall–Kier alpha value is -1.26. The molecule has 0 aliphatic heterocycles. The summed E-state index contributed by atoms with van der Waals surface area (Å²) < 4.78 is 0.958. The molecule has 5 heteroatoms. The maximum absolute atomic E-state index is 12.4. The third-order valence-electron chi connectivity index (χ3n) is 4.27. The molecule has 1 saturated carbocycles. The zero-order valence-corrected chi connectivity index (χ0v) is 13.6. The number of halogens is 1. The van der Waals surface area contributed by atoms with E-state index < -0.39 is 0 Å². The first kappa shape index (κ1) is 14.7. The van der Waals surface area contributed by atoms with E-state index in [9.17, 15) is 4.79 Å². The van der Waals surface area contributed by atoms with E-state index in [1.807, 2.05) is 12.1 Å². The second kappa shape index (κ2) is 5.50. The van der Waals surface area contributed by atoms with Crippen LogP contribution in [0.15, 0.2) is 18.2 Å². The van der Waals surface area contributed by atoms with Gasteiger partial charge in [-0.2, -0.15) is 0 Å². The average molecular weight is 323 g/mol. The molecule has 3 rings (SSSR count). The van der Waals surface area contributed by atoms with Gasteiger partial charge in [0, 0.05) is 16.6 Å². The molecule has 1 fully saturated rings. The van der Waals surface area contributed by atoms with Crippen molar-refractivity contribution in [2.24, 2.45) is 5.41 Å². The third-order valence-corrected chi connectivity index (χ3v) is 5.75. The van der Waals surface area contributed by atoms with Gasteiger partial charge in [0.25, 0.3) is 5.91 Å². The third kappa shape index (κ3) is 2.74. The van der Waals surface area contributed by atoms with Gasteiger partial charge in [0.1, 0.15) is 4.88 Å². The largest absolute Gasteiger partial charge is 0.397 e. The van der Waals surface area contributed by atoms with E-state index in [1.165, 1.54) is 30.6 Å². The zero-order valence-electron chi connectivity index (χ0n) is 12.0. The molecule has 1 heterocycles. The van der Waals surface area contributed by atoms with Crippen molar-refractivity contribution in [3.8, 4) is 0 Å². The lowest BCUT2D eigenvalue weighted by Gasteiger charge is -2.14. The van der Waals surface area contributed by atoms with Crippen LogP contribution in [0.3, 0.4) is 0 Å². The minimum Gasteiger partial charge on any atom is -0.397 e. The van der Waals surface area contributed by atoms with Crippen molar-refractivity contribution < 1.29 is 4.79 Å². The molecular weight excluding hydrogens is 304 g/mol. The summed E-state index contributed by atoms with van der Waals surface area (Å²) in [5.41, 5.74) is 6.96. The normalized spacial score (nSPS) is 16.1. The van der Waals surface area contributed by atoms with Gasteiger partial charge in [-0.05, 0) is 36.8 Å². The van der Waals surface area contributed by atoms with Gasteiger partial charge < -0.3 is 11.1 Å². The number of hydrogen-bond acceptors (Lipinski definition) is 3. The highest BCUT2D eigenvalue weighted by atomic mass is 35.5. The quantitative estimate of drug-likeness (QED) is 0.854. The van der Waals surface area contributed by atoms with Gasteiger partial charge in [0.2, 0.25) is 0 Å². The van der Waals surface area contributed by atoms with Crippen LogP contribution in [0.2, 0.25) is 5.02 Å². The van der Waals surface area contributed by atoms with Crippen molar-refractivity contribution in [3.05, 3.63) is 28.1 Å². The van der Waals surface area contributed by atoms with Crippen LogP contribution < -0.4 is 11.1 Å². The van der Waals surface area contributed by atoms with Gasteiger partial charge in [-0.15, -0.1) is 11.3 Å². The molecule has 0 atom stereocenters. The predicted octanol–water partition coefficient (Wildman–Crippen LogP) is 4.45. The molecule has 1 aliphatic carbocycles. The molecule has 21 heavy (non-hydrogen) atoms. The Kier molecular flexibility index (Phi) is 3.84. The van der Waals surface area contributed by atoms with Gasteiger partial charge in [0.05, 0.1) is 10.7 Å². The van der Waals surface area contributed by atoms with Crippen LogP contribution in [0.4, 0.5) is 5.69 Å². The van der Waals surface area contributed by atoms with Crippen molar-refractivity contribution in [1.82, 2.24) is 5.32 Å². The minimum atomic E-state index is -0.0767. The van der Waals surface area contributed by atoms with Crippen LogP contribution in [-0.2, 0) is 0 Å². The number of rotatable bonds is 5. The lowest BCUT2D eigenvalue weighted by molar-refractivity contribution is 0.0948. The maximum Gasteiger partial charge on any atom is 0.263 e. The van der Waals surface area contributed by atoms with Crippen molar-refractivity contribution in [3.63, 3.8) is 0 Å². The molecule has 1 aliphatic rings. The number of nitrogen functional groups attached to an aromatic ring is 1. The van der Waals surface area contributed by atoms with Gasteiger partial charge in [0.15, 0.2) is 0 Å². The van der Waals surface area contributed by atoms with Crippen LogP contribution in [-0.4, -0.2) is 12.5 Å². The number of fused-ring (bicyclic) bond motifs is 1. The molecule has 0 saturated heterocycles. The lowest BCUT2D eigenvalue weighted by Crippen LogP contribution is -2.30. The van der Waals surface area contributed by atoms with Crippen LogP contribution in [0, 0.1) is 5.41 Å². The number of carbonyl (C=O) groups excluding carboxylic acids is 1. The minimum absolute atomic E-state index is 0.0767. The number of amides is 1. The Morgan fingerprint density at radius 1 is 1.48 bits per heavy atom. The van der Waals surface area contributed by atoms with Gasteiger partial charge >= 0.3 is 0 Å². The summed E-state index contributed by atoms with van der Waals surface area (Å²) in [5.74, 6) is -0.0767. The first-order chi connectivity index (χ1) is 10.1. The highest BCUT2D eigenvalue weighted by Crippen LogP contribution is 2.49. The molecular formula is C16H19ClN2OS.